The lowest BCUT2D eigenvalue weighted by Crippen LogP contribution is -2.34. The van der Waals surface area contributed by atoms with Crippen LogP contribution < -0.4 is 15.8 Å². The fraction of sp³-hybridized carbons (Fsp3) is 0.647. The molecular formula is C17H25N5O2S. The van der Waals surface area contributed by atoms with Crippen molar-refractivity contribution >= 4 is 27.3 Å². The molecule has 1 aliphatic rings. The largest absolute Gasteiger partial charge is 0.351 e. The third kappa shape index (κ3) is 4.18. The van der Waals surface area contributed by atoms with Crippen molar-refractivity contribution in [2.24, 2.45) is 11.8 Å². The van der Waals surface area contributed by atoms with E-state index in [0.29, 0.717) is 23.3 Å². The second kappa shape index (κ2) is 7.51. The van der Waals surface area contributed by atoms with E-state index in [1.807, 2.05) is 0 Å². The lowest BCUT2D eigenvalue weighted by atomic mass is 10.0. The molecule has 3 rings (SSSR count). The molecule has 0 saturated carbocycles. The molecule has 1 aliphatic heterocycles. The molecule has 136 valence electrons. The van der Waals surface area contributed by atoms with Gasteiger partial charge in [-0.05, 0) is 31.1 Å². The van der Waals surface area contributed by atoms with E-state index in [9.17, 15) is 9.59 Å². The van der Waals surface area contributed by atoms with Gasteiger partial charge in [0.25, 0.3) is 11.5 Å². The summed E-state index contributed by atoms with van der Waals surface area (Å²) >= 11 is 1.37. The second-order valence-electron chi connectivity index (χ2n) is 7.19. The summed E-state index contributed by atoms with van der Waals surface area (Å²) in [7, 11) is 0. The minimum absolute atomic E-state index is 0.256. The first kappa shape index (κ1) is 17.8. The Morgan fingerprint density at radius 1 is 1.48 bits per heavy atom. The lowest BCUT2D eigenvalue weighted by molar-refractivity contribution is 0.0944. The number of amides is 1. The number of piperidine rings is 1. The molecule has 8 heteroatoms. The Kier molecular flexibility index (Phi) is 5.36. The van der Waals surface area contributed by atoms with Gasteiger partial charge in [-0.2, -0.15) is 9.50 Å². The van der Waals surface area contributed by atoms with Gasteiger partial charge in [-0.3, -0.25) is 9.59 Å². The Balaban J connectivity index is 1.88. The van der Waals surface area contributed by atoms with Crippen LogP contribution in [0.1, 0.15) is 50.5 Å². The number of carbonyl (C=O) groups excluding carboxylic acids is 1. The summed E-state index contributed by atoms with van der Waals surface area (Å²) < 4.78 is 1.51. The minimum atomic E-state index is -0.406. The van der Waals surface area contributed by atoms with E-state index in [4.69, 9.17) is 0 Å². The minimum Gasteiger partial charge on any atom is -0.351 e. The molecule has 0 spiro atoms. The number of fused-ring (bicyclic) bond motifs is 1. The first-order chi connectivity index (χ1) is 11.9. The molecule has 3 heterocycles. The van der Waals surface area contributed by atoms with Gasteiger partial charge in [0.05, 0.1) is 0 Å². The zero-order chi connectivity index (χ0) is 18.0. The third-order valence-corrected chi connectivity index (χ3v) is 5.38. The van der Waals surface area contributed by atoms with Gasteiger partial charge in [0, 0.05) is 25.7 Å². The number of nitrogens with zero attached hydrogens (tertiary/aromatic N) is 4. The van der Waals surface area contributed by atoms with Crippen LogP contribution in [0.2, 0.25) is 0 Å². The summed E-state index contributed by atoms with van der Waals surface area (Å²) in [6.45, 7) is 8.91. The molecule has 0 unspecified atom stereocenters. The number of carbonyl (C=O) groups is 1. The quantitative estimate of drug-likeness (QED) is 0.881. The number of anilines is 1. The molecule has 25 heavy (non-hydrogen) atoms. The molecular weight excluding hydrogens is 338 g/mol. The van der Waals surface area contributed by atoms with E-state index in [0.717, 1.165) is 31.1 Å². The van der Waals surface area contributed by atoms with Crippen molar-refractivity contribution in [2.75, 3.05) is 24.5 Å². The van der Waals surface area contributed by atoms with Gasteiger partial charge in [0.2, 0.25) is 10.1 Å². The number of hydrogen-bond donors (Lipinski definition) is 1. The molecule has 1 saturated heterocycles. The highest BCUT2D eigenvalue weighted by Crippen LogP contribution is 2.27. The maximum atomic E-state index is 12.5. The van der Waals surface area contributed by atoms with E-state index in [2.05, 4.69) is 41.1 Å². The average Bonchev–Trinajstić information content (AvgIpc) is 2.97. The Hall–Kier alpha value is -1.96. The van der Waals surface area contributed by atoms with Crippen LogP contribution in [-0.2, 0) is 0 Å². The summed E-state index contributed by atoms with van der Waals surface area (Å²) in [6, 6.07) is 1.26. The molecule has 7 nitrogen and oxygen atoms in total. The monoisotopic (exact) mass is 363 g/mol. The van der Waals surface area contributed by atoms with Gasteiger partial charge in [0.1, 0.15) is 5.69 Å². The Labute approximate surface area is 151 Å². The normalized spacial score (nSPS) is 18.1. The van der Waals surface area contributed by atoms with Crippen LogP contribution in [0.15, 0.2) is 10.9 Å². The van der Waals surface area contributed by atoms with Crippen LogP contribution in [0, 0.1) is 11.8 Å². The van der Waals surface area contributed by atoms with Gasteiger partial charge in [-0.1, -0.05) is 32.1 Å². The molecule has 0 aromatic carbocycles. The summed E-state index contributed by atoms with van der Waals surface area (Å²) in [5.41, 5.74) is -0.150. The first-order valence-electron chi connectivity index (χ1n) is 8.88. The van der Waals surface area contributed by atoms with Crippen molar-refractivity contribution in [2.45, 2.75) is 40.0 Å². The maximum absolute atomic E-state index is 12.5. The summed E-state index contributed by atoms with van der Waals surface area (Å²) in [5.74, 6) is 0.846. The van der Waals surface area contributed by atoms with Crippen LogP contribution in [-0.4, -0.2) is 40.1 Å². The van der Waals surface area contributed by atoms with Crippen molar-refractivity contribution in [1.82, 2.24) is 19.9 Å². The zero-order valence-electron chi connectivity index (χ0n) is 15.0. The average molecular weight is 363 g/mol. The summed E-state index contributed by atoms with van der Waals surface area (Å²) in [4.78, 5) is 31.1. The molecule has 2 aromatic rings. The molecule has 1 fully saturated rings. The number of hydrogen-bond acceptors (Lipinski definition) is 6. The summed E-state index contributed by atoms with van der Waals surface area (Å²) in [6.07, 6.45) is 3.24. The van der Waals surface area contributed by atoms with E-state index in [-0.39, 0.29) is 11.6 Å². The van der Waals surface area contributed by atoms with Gasteiger partial charge in [-0.25, -0.2) is 0 Å². The van der Waals surface area contributed by atoms with Crippen molar-refractivity contribution < 1.29 is 4.79 Å². The molecule has 1 atom stereocenters. The van der Waals surface area contributed by atoms with Crippen LogP contribution in [0.25, 0.3) is 4.96 Å². The Morgan fingerprint density at radius 2 is 2.28 bits per heavy atom. The predicted octanol–water partition coefficient (Wildman–Crippen LogP) is 2.16. The third-order valence-electron chi connectivity index (χ3n) is 4.41. The smallest absolute Gasteiger partial charge is 0.274 e. The number of nitrogens with one attached hydrogen (secondary N) is 1. The van der Waals surface area contributed by atoms with E-state index >= 15 is 0 Å². The highest BCUT2D eigenvalue weighted by Gasteiger charge is 2.22. The molecule has 1 amide bonds. The van der Waals surface area contributed by atoms with Crippen LogP contribution in [0.5, 0.6) is 0 Å². The van der Waals surface area contributed by atoms with Gasteiger partial charge >= 0.3 is 0 Å². The first-order valence-corrected chi connectivity index (χ1v) is 9.69. The van der Waals surface area contributed by atoms with Crippen LogP contribution in [0.3, 0.4) is 0 Å². The lowest BCUT2D eigenvalue weighted by Gasteiger charge is -2.30. The Bertz CT molecular complexity index is 813. The predicted molar refractivity (Wildman–Crippen MR) is 99.5 cm³/mol. The number of rotatable bonds is 5. The molecule has 0 bridgehead atoms. The van der Waals surface area contributed by atoms with Crippen molar-refractivity contribution in [3.8, 4) is 0 Å². The zero-order valence-corrected chi connectivity index (χ0v) is 15.8. The SMILES string of the molecule is CC(C)CCNC(=O)c1cc(=O)nc2sc(N3CCC[C@@H](C)C3)nn12. The van der Waals surface area contributed by atoms with Crippen LogP contribution >= 0.6 is 11.3 Å². The molecule has 0 aliphatic carbocycles. The Morgan fingerprint density at radius 3 is 3.00 bits per heavy atom. The highest BCUT2D eigenvalue weighted by atomic mass is 32.1. The van der Waals surface area contributed by atoms with Gasteiger partial charge in [-0.15, -0.1) is 5.10 Å². The second-order valence-corrected chi connectivity index (χ2v) is 8.12. The van der Waals surface area contributed by atoms with E-state index in [1.54, 1.807) is 0 Å². The van der Waals surface area contributed by atoms with Crippen LogP contribution in [0.4, 0.5) is 5.13 Å². The molecule has 2 aromatic heterocycles. The van der Waals surface area contributed by atoms with E-state index in [1.165, 1.54) is 28.3 Å². The highest BCUT2D eigenvalue weighted by molar-refractivity contribution is 7.20. The maximum Gasteiger partial charge on any atom is 0.274 e. The van der Waals surface area contributed by atoms with Gasteiger partial charge < -0.3 is 10.2 Å². The fourth-order valence-corrected chi connectivity index (χ4v) is 3.96. The molecule has 0 radical (unpaired) electrons. The van der Waals surface area contributed by atoms with Gasteiger partial charge in [0.15, 0.2) is 0 Å². The van der Waals surface area contributed by atoms with Crippen molar-refractivity contribution in [3.63, 3.8) is 0 Å². The topological polar surface area (TPSA) is 79.6 Å². The van der Waals surface area contributed by atoms with Crippen molar-refractivity contribution in [1.29, 1.82) is 0 Å². The van der Waals surface area contributed by atoms with E-state index < -0.39 is 5.56 Å². The summed E-state index contributed by atoms with van der Waals surface area (Å²) in [5, 5.41) is 8.27. The fourth-order valence-electron chi connectivity index (χ4n) is 3.02. The molecule has 1 N–H and O–H groups in total. The number of aromatic nitrogens is 3. The standard InChI is InChI=1S/C17H25N5O2S/c1-11(2)6-7-18-15(24)13-9-14(23)19-16-22(13)20-17(25-16)21-8-4-5-12(3)10-21/h9,11-12H,4-8,10H2,1-3H3,(H,18,24)/t12-/m1/s1. The van der Waals surface area contributed by atoms with Crippen molar-refractivity contribution in [3.05, 3.63) is 22.1 Å².